The standard InChI is InChI=1S/C23H20N2O3/c1-12(2)15-10-9-13(3)17-20(15)28-23(26)19-18(14-7-5-4-6-8-14)16(11-24)22(25)27-21(17)19/h4-10,12,18H,25H2,1-3H3. The molecular weight excluding hydrogens is 352 g/mol. The molecule has 140 valence electrons. The highest BCUT2D eigenvalue weighted by molar-refractivity contribution is 5.91. The predicted molar refractivity (Wildman–Crippen MR) is 107 cm³/mol. The number of nitrogens with zero attached hydrogens (tertiary/aromatic N) is 1. The van der Waals surface area contributed by atoms with Gasteiger partial charge in [-0.25, -0.2) is 4.79 Å². The van der Waals surface area contributed by atoms with Gasteiger partial charge in [0.1, 0.15) is 17.2 Å². The maximum absolute atomic E-state index is 13.1. The summed E-state index contributed by atoms with van der Waals surface area (Å²) in [5.41, 5.74) is 9.28. The lowest BCUT2D eigenvalue weighted by molar-refractivity contribution is 0.387. The second-order valence-corrected chi connectivity index (χ2v) is 7.30. The topological polar surface area (TPSA) is 89.2 Å². The van der Waals surface area contributed by atoms with E-state index in [1.165, 1.54) is 0 Å². The highest BCUT2D eigenvalue weighted by Gasteiger charge is 2.36. The van der Waals surface area contributed by atoms with Crippen LogP contribution in [0, 0.1) is 18.3 Å². The molecular formula is C23H20N2O3. The van der Waals surface area contributed by atoms with Crippen molar-refractivity contribution in [2.75, 3.05) is 0 Å². The third kappa shape index (κ3) is 2.57. The molecule has 1 aliphatic heterocycles. The van der Waals surface area contributed by atoms with Gasteiger partial charge in [0.05, 0.1) is 16.9 Å². The SMILES string of the molecule is Cc1ccc(C(C)C)c2oc(=O)c3c(c12)OC(N)=C(C#N)C3c1ccccc1. The molecule has 1 aliphatic rings. The van der Waals surface area contributed by atoms with Crippen molar-refractivity contribution in [2.24, 2.45) is 5.73 Å². The van der Waals surface area contributed by atoms with E-state index in [1.54, 1.807) is 0 Å². The molecule has 0 amide bonds. The Labute approximate surface area is 162 Å². The van der Waals surface area contributed by atoms with E-state index in [0.717, 1.165) is 22.1 Å². The van der Waals surface area contributed by atoms with Crippen LogP contribution in [-0.2, 0) is 0 Å². The second-order valence-electron chi connectivity index (χ2n) is 7.30. The molecule has 0 spiro atoms. The lowest BCUT2D eigenvalue weighted by Crippen LogP contribution is -2.26. The fraction of sp³-hybridized carbons (Fsp3) is 0.217. The molecule has 2 heterocycles. The van der Waals surface area contributed by atoms with Gasteiger partial charge in [0.15, 0.2) is 5.75 Å². The van der Waals surface area contributed by atoms with Crippen molar-refractivity contribution in [1.29, 1.82) is 5.26 Å². The van der Waals surface area contributed by atoms with Crippen LogP contribution in [0.1, 0.15) is 47.9 Å². The molecule has 0 saturated heterocycles. The Kier molecular flexibility index (Phi) is 4.20. The van der Waals surface area contributed by atoms with E-state index in [-0.39, 0.29) is 17.4 Å². The zero-order valence-electron chi connectivity index (χ0n) is 15.9. The number of nitrogens with two attached hydrogens (primary N) is 1. The number of ether oxygens (including phenoxy) is 1. The van der Waals surface area contributed by atoms with Crippen LogP contribution >= 0.6 is 0 Å². The van der Waals surface area contributed by atoms with Gasteiger partial charge in [0, 0.05) is 0 Å². The van der Waals surface area contributed by atoms with Crippen molar-refractivity contribution >= 4 is 11.0 Å². The highest BCUT2D eigenvalue weighted by Crippen LogP contribution is 2.45. The molecule has 5 heteroatoms. The smallest absolute Gasteiger partial charge is 0.344 e. The van der Waals surface area contributed by atoms with Gasteiger partial charge < -0.3 is 14.9 Å². The summed E-state index contributed by atoms with van der Waals surface area (Å²) in [4.78, 5) is 13.1. The van der Waals surface area contributed by atoms with Gasteiger partial charge >= 0.3 is 5.63 Å². The second kappa shape index (κ2) is 6.58. The summed E-state index contributed by atoms with van der Waals surface area (Å²) < 4.78 is 11.7. The zero-order chi connectivity index (χ0) is 20.0. The average molecular weight is 372 g/mol. The molecule has 3 aromatic rings. The molecule has 2 aromatic carbocycles. The van der Waals surface area contributed by atoms with Crippen LogP contribution in [0.2, 0.25) is 0 Å². The number of nitriles is 1. The Morgan fingerprint density at radius 1 is 1.14 bits per heavy atom. The normalized spacial score (nSPS) is 16.0. The minimum absolute atomic E-state index is 0.0186. The maximum atomic E-state index is 13.1. The van der Waals surface area contributed by atoms with Crippen LogP contribution in [0.4, 0.5) is 0 Å². The Bertz CT molecular complexity index is 1210. The number of fused-ring (bicyclic) bond motifs is 3. The summed E-state index contributed by atoms with van der Waals surface area (Å²) in [7, 11) is 0. The number of benzene rings is 2. The van der Waals surface area contributed by atoms with Gasteiger partial charge in [-0.3, -0.25) is 0 Å². The average Bonchev–Trinajstić information content (AvgIpc) is 2.67. The first-order chi connectivity index (χ1) is 13.4. The van der Waals surface area contributed by atoms with Crippen molar-refractivity contribution < 1.29 is 9.15 Å². The number of aryl methyl sites for hydroxylation is 1. The fourth-order valence-electron chi connectivity index (χ4n) is 3.82. The minimum Gasteiger partial charge on any atom is -0.439 e. The summed E-state index contributed by atoms with van der Waals surface area (Å²) >= 11 is 0. The Balaban J connectivity index is 2.14. The molecule has 0 bridgehead atoms. The predicted octanol–water partition coefficient (Wildman–Crippen LogP) is 4.44. The lowest BCUT2D eigenvalue weighted by Gasteiger charge is -2.27. The van der Waals surface area contributed by atoms with Crippen molar-refractivity contribution in [1.82, 2.24) is 0 Å². The van der Waals surface area contributed by atoms with Gasteiger partial charge in [-0.1, -0.05) is 56.3 Å². The zero-order valence-corrected chi connectivity index (χ0v) is 15.9. The van der Waals surface area contributed by atoms with Crippen molar-refractivity contribution in [3.63, 3.8) is 0 Å². The molecule has 0 radical (unpaired) electrons. The molecule has 0 fully saturated rings. The van der Waals surface area contributed by atoms with Gasteiger partial charge in [-0.05, 0) is 29.5 Å². The summed E-state index contributed by atoms with van der Waals surface area (Å²) in [5.74, 6) is -0.0558. The molecule has 0 aliphatic carbocycles. The van der Waals surface area contributed by atoms with Crippen molar-refractivity contribution in [3.8, 4) is 11.8 Å². The fourth-order valence-corrected chi connectivity index (χ4v) is 3.82. The molecule has 4 rings (SSSR count). The molecule has 1 atom stereocenters. The van der Waals surface area contributed by atoms with Crippen molar-refractivity contribution in [3.05, 3.63) is 86.6 Å². The monoisotopic (exact) mass is 372 g/mol. The third-order valence-electron chi connectivity index (χ3n) is 5.21. The number of hydrogen-bond acceptors (Lipinski definition) is 5. The van der Waals surface area contributed by atoms with Crippen molar-refractivity contribution in [2.45, 2.75) is 32.6 Å². The van der Waals surface area contributed by atoms with E-state index >= 15 is 0 Å². The number of rotatable bonds is 2. The number of hydrogen-bond donors (Lipinski definition) is 1. The molecule has 5 nitrogen and oxygen atoms in total. The first kappa shape index (κ1) is 17.9. The third-order valence-corrected chi connectivity index (χ3v) is 5.21. The molecule has 1 unspecified atom stereocenters. The Morgan fingerprint density at radius 3 is 2.50 bits per heavy atom. The molecule has 1 aromatic heterocycles. The van der Waals surface area contributed by atoms with E-state index in [2.05, 4.69) is 6.07 Å². The van der Waals surface area contributed by atoms with Crippen LogP contribution in [-0.4, -0.2) is 0 Å². The van der Waals surface area contributed by atoms with Crippen LogP contribution in [0.15, 0.2) is 63.1 Å². The molecule has 28 heavy (non-hydrogen) atoms. The summed E-state index contributed by atoms with van der Waals surface area (Å²) in [5, 5.41) is 10.4. The lowest BCUT2D eigenvalue weighted by atomic mass is 9.83. The van der Waals surface area contributed by atoms with Crippen LogP contribution in [0.25, 0.3) is 11.0 Å². The van der Waals surface area contributed by atoms with Gasteiger partial charge in [-0.15, -0.1) is 0 Å². The van der Waals surface area contributed by atoms with Gasteiger partial charge in [0.25, 0.3) is 0 Å². The van der Waals surface area contributed by atoms with Gasteiger partial charge in [-0.2, -0.15) is 5.26 Å². The van der Waals surface area contributed by atoms with Crippen LogP contribution in [0.5, 0.6) is 5.75 Å². The Hall–Kier alpha value is -3.52. The first-order valence-corrected chi connectivity index (χ1v) is 9.16. The minimum atomic E-state index is -0.627. The molecule has 0 saturated carbocycles. The van der Waals surface area contributed by atoms with E-state index in [0.29, 0.717) is 16.9 Å². The summed E-state index contributed by atoms with van der Waals surface area (Å²) in [6.07, 6.45) is 0. The van der Waals surface area contributed by atoms with Gasteiger partial charge in [0.2, 0.25) is 5.88 Å². The van der Waals surface area contributed by atoms with E-state index in [9.17, 15) is 10.1 Å². The largest absolute Gasteiger partial charge is 0.439 e. The summed E-state index contributed by atoms with van der Waals surface area (Å²) in [6, 6.07) is 15.4. The first-order valence-electron chi connectivity index (χ1n) is 9.16. The van der Waals surface area contributed by atoms with E-state index < -0.39 is 11.5 Å². The van der Waals surface area contributed by atoms with Crippen LogP contribution < -0.4 is 16.1 Å². The van der Waals surface area contributed by atoms with E-state index in [1.807, 2.05) is 63.2 Å². The quantitative estimate of drug-likeness (QED) is 0.672. The summed E-state index contributed by atoms with van der Waals surface area (Å²) in [6.45, 7) is 6.02. The van der Waals surface area contributed by atoms with Crippen LogP contribution in [0.3, 0.4) is 0 Å². The van der Waals surface area contributed by atoms with E-state index in [4.69, 9.17) is 14.9 Å². The highest BCUT2D eigenvalue weighted by atomic mass is 16.5. The maximum Gasteiger partial charge on any atom is 0.344 e. The Morgan fingerprint density at radius 2 is 1.86 bits per heavy atom. The molecule has 2 N–H and O–H groups in total. The number of allylic oxidation sites excluding steroid dienone is 1.